The molecule has 1 aromatic rings. The normalized spacial score (nSPS) is 9.67. The summed E-state index contributed by atoms with van der Waals surface area (Å²) < 4.78 is 4.47. The van der Waals surface area contributed by atoms with E-state index in [1.165, 1.54) is 25.3 Å². The first-order chi connectivity index (χ1) is 7.04. The molecule has 0 unspecified atom stereocenters. The number of hydrogen-bond donors (Lipinski definition) is 2. The lowest BCUT2D eigenvalue weighted by Crippen LogP contribution is -2.09. The number of ether oxygens (including phenoxy) is 1. The highest BCUT2D eigenvalue weighted by molar-refractivity contribution is 5.92. The molecule has 0 heterocycles. The number of aliphatic carboxylic acids is 1. The summed E-state index contributed by atoms with van der Waals surface area (Å²) in [7, 11) is 1.19. The number of phenols is 1. The highest BCUT2D eigenvalue weighted by atomic mass is 16.5. The molecule has 80 valence electrons. The third-order valence-electron chi connectivity index (χ3n) is 1.84. The van der Waals surface area contributed by atoms with Crippen molar-refractivity contribution in [1.29, 1.82) is 0 Å². The molecule has 0 aliphatic heterocycles. The molecule has 0 saturated heterocycles. The molecule has 0 fully saturated rings. The predicted molar refractivity (Wildman–Crippen MR) is 50.8 cm³/mol. The predicted octanol–water partition coefficient (Wildman–Crippen LogP) is 0.806. The second kappa shape index (κ2) is 4.45. The number of esters is 1. The fraction of sp³-hybridized carbons (Fsp3) is 0.200. The SMILES string of the molecule is COC(=O)c1cc(O)ccc1CC(=O)O. The summed E-state index contributed by atoms with van der Waals surface area (Å²) in [6.45, 7) is 0. The zero-order valence-electron chi connectivity index (χ0n) is 8.06. The standard InChI is InChI=1S/C10H10O5/c1-15-10(14)8-5-7(11)3-2-6(8)4-9(12)13/h2-3,5,11H,4H2,1H3,(H,12,13). The van der Waals surface area contributed by atoms with Crippen molar-refractivity contribution < 1.29 is 24.5 Å². The van der Waals surface area contributed by atoms with Crippen LogP contribution in [0, 0.1) is 0 Å². The molecule has 15 heavy (non-hydrogen) atoms. The van der Waals surface area contributed by atoms with Gasteiger partial charge in [-0.2, -0.15) is 0 Å². The van der Waals surface area contributed by atoms with Gasteiger partial charge in [0.05, 0.1) is 19.1 Å². The van der Waals surface area contributed by atoms with E-state index in [0.717, 1.165) is 0 Å². The van der Waals surface area contributed by atoms with Crippen molar-refractivity contribution in [3.05, 3.63) is 29.3 Å². The Morgan fingerprint density at radius 1 is 1.40 bits per heavy atom. The molecule has 0 aliphatic rings. The largest absolute Gasteiger partial charge is 0.508 e. The zero-order valence-corrected chi connectivity index (χ0v) is 8.06. The molecular weight excluding hydrogens is 200 g/mol. The van der Waals surface area contributed by atoms with Crippen molar-refractivity contribution in [3.8, 4) is 5.75 Å². The highest BCUT2D eigenvalue weighted by Crippen LogP contribution is 2.18. The fourth-order valence-corrected chi connectivity index (χ4v) is 1.18. The Morgan fingerprint density at radius 2 is 2.07 bits per heavy atom. The van der Waals surface area contributed by atoms with Crippen molar-refractivity contribution in [3.63, 3.8) is 0 Å². The quantitative estimate of drug-likeness (QED) is 0.721. The van der Waals surface area contributed by atoms with Crippen molar-refractivity contribution in [2.24, 2.45) is 0 Å². The van der Waals surface area contributed by atoms with Gasteiger partial charge in [-0.3, -0.25) is 4.79 Å². The molecule has 5 nitrogen and oxygen atoms in total. The molecule has 1 rings (SSSR count). The Balaban J connectivity index is 3.14. The van der Waals surface area contributed by atoms with Crippen molar-refractivity contribution >= 4 is 11.9 Å². The number of carboxylic acids is 1. The first kappa shape index (κ1) is 11.0. The minimum Gasteiger partial charge on any atom is -0.508 e. The smallest absolute Gasteiger partial charge is 0.338 e. The van der Waals surface area contributed by atoms with Crippen molar-refractivity contribution in [1.82, 2.24) is 0 Å². The van der Waals surface area contributed by atoms with Gasteiger partial charge in [0.2, 0.25) is 0 Å². The van der Waals surface area contributed by atoms with E-state index in [1.807, 2.05) is 0 Å². The Labute approximate surface area is 85.9 Å². The van der Waals surface area contributed by atoms with E-state index in [9.17, 15) is 9.59 Å². The summed E-state index contributed by atoms with van der Waals surface area (Å²) in [6, 6.07) is 3.89. The van der Waals surface area contributed by atoms with Crippen LogP contribution in [0.4, 0.5) is 0 Å². The lowest BCUT2D eigenvalue weighted by molar-refractivity contribution is -0.136. The van der Waals surface area contributed by atoms with Gasteiger partial charge in [0, 0.05) is 0 Å². The number of aromatic hydroxyl groups is 1. The molecule has 2 N–H and O–H groups in total. The van der Waals surface area contributed by atoms with Gasteiger partial charge in [0.1, 0.15) is 5.75 Å². The Kier molecular flexibility index (Phi) is 3.28. The highest BCUT2D eigenvalue weighted by Gasteiger charge is 2.14. The van der Waals surface area contributed by atoms with Gasteiger partial charge < -0.3 is 14.9 Å². The van der Waals surface area contributed by atoms with E-state index in [2.05, 4.69) is 4.74 Å². The first-order valence-corrected chi connectivity index (χ1v) is 4.16. The van der Waals surface area contributed by atoms with E-state index in [0.29, 0.717) is 5.56 Å². The number of carbonyl (C=O) groups excluding carboxylic acids is 1. The van der Waals surface area contributed by atoms with Crippen LogP contribution in [-0.2, 0) is 16.0 Å². The van der Waals surface area contributed by atoms with E-state index in [1.54, 1.807) is 0 Å². The Bertz CT molecular complexity index is 397. The minimum absolute atomic E-state index is 0.0694. The van der Waals surface area contributed by atoms with Crippen molar-refractivity contribution in [2.45, 2.75) is 6.42 Å². The van der Waals surface area contributed by atoms with Crippen LogP contribution in [0.2, 0.25) is 0 Å². The number of methoxy groups -OCH3 is 1. The van der Waals surface area contributed by atoms with Crippen molar-refractivity contribution in [2.75, 3.05) is 7.11 Å². The van der Waals surface area contributed by atoms with E-state index >= 15 is 0 Å². The number of carbonyl (C=O) groups is 2. The second-order valence-electron chi connectivity index (χ2n) is 2.90. The topological polar surface area (TPSA) is 83.8 Å². The summed E-state index contributed by atoms with van der Waals surface area (Å²) in [5.41, 5.74) is 0.382. The van der Waals surface area contributed by atoms with Crippen LogP contribution in [0.5, 0.6) is 5.75 Å². The lowest BCUT2D eigenvalue weighted by atomic mass is 10.0. The van der Waals surface area contributed by atoms with Crippen LogP contribution in [0.15, 0.2) is 18.2 Å². The number of rotatable bonds is 3. The summed E-state index contributed by atoms with van der Waals surface area (Å²) in [6.07, 6.45) is -0.287. The van der Waals surface area contributed by atoms with Crippen LogP contribution in [0.3, 0.4) is 0 Å². The summed E-state index contributed by atoms with van der Waals surface area (Å²) >= 11 is 0. The van der Waals surface area contributed by atoms with Gasteiger partial charge in [0.15, 0.2) is 0 Å². The monoisotopic (exact) mass is 210 g/mol. The summed E-state index contributed by atoms with van der Waals surface area (Å²) in [5.74, 6) is -1.82. The van der Waals surface area contributed by atoms with Gasteiger partial charge in [-0.1, -0.05) is 6.07 Å². The molecule has 0 aromatic heterocycles. The Hall–Kier alpha value is -2.04. The lowest BCUT2D eigenvalue weighted by Gasteiger charge is -2.05. The maximum atomic E-state index is 11.2. The van der Waals surface area contributed by atoms with Gasteiger partial charge in [-0.25, -0.2) is 4.79 Å². The van der Waals surface area contributed by atoms with Gasteiger partial charge in [-0.15, -0.1) is 0 Å². The molecule has 0 amide bonds. The molecule has 0 radical (unpaired) electrons. The third kappa shape index (κ3) is 2.70. The second-order valence-corrected chi connectivity index (χ2v) is 2.90. The molecule has 0 aliphatic carbocycles. The molecule has 0 spiro atoms. The number of hydrogen-bond acceptors (Lipinski definition) is 4. The summed E-state index contributed by atoms with van der Waals surface area (Å²) in [4.78, 5) is 21.7. The summed E-state index contributed by atoms with van der Waals surface area (Å²) in [5, 5.41) is 17.8. The maximum absolute atomic E-state index is 11.2. The number of benzene rings is 1. The maximum Gasteiger partial charge on any atom is 0.338 e. The molecule has 1 aromatic carbocycles. The van der Waals surface area contributed by atoms with E-state index in [-0.39, 0.29) is 17.7 Å². The van der Waals surface area contributed by atoms with Gasteiger partial charge in [-0.05, 0) is 17.7 Å². The van der Waals surface area contributed by atoms with Crippen LogP contribution >= 0.6 is 0 Å². The van der Waals surface area contributed by atoms with Gasteiger partial charge in [0.25, 0.3) is 0 Å². The van der Waals surface area contributed by atoms with Crippen LogP contribution in [0.1, 0.15) is 15.9 Å². The molecule has 0 bridgehead atoms. The number of carboxylic acid groups (broad SMARTS) is 1. The minimum atomic E-state index is -1.05. The average molecular weight is 210 g/mol. The van der Waals surface area contributed by atoms with E-state index in [4.69, 9.17) is 10.2 Å². The molecule has 0 saturated carbocycles. The third-order valence-corrected chi connectivity index (χ3v) is 1.84. The van der Waals surface area contributed by atoms with E-state index < -0.39 is 11.9 Å². The zero-order chi connectivity index (χ0) is 11.4. The van der Waals surface area contributed by atoms with Crippen LogP contribution < -0.4 is 0 Å². The fourth-order valence-electron chi connectivity index (χ4n) is 1.18. The van der Waals surface area contributed by atoms with Gasteiger partial charge >= 0.3 is 11.9 Å². The first-order valence-electron chi connectivity index (χ1n) is 4.16. The van der Waals surface area contributed by atoms with Crippen LogP contribution in [-0.4, -0.2) is 29.3 Å². The average Bonchev–Trinajstić information content (AvgIpc) is 2.19. The molecule has 0 atom stereocenters. The molecular formula is C10H10O5. The van der Waals surface area contributed by atoms with Crippen LogP contribution in [0.25, 0.3) is 0 Å². The molecule has 5 heteroatoms. The number of phenolic OH excluding ortho intramolecular Hbond substituents is 1. The Morgan fingerprint density at radius 3 is 2.60 bits per heavy atom.